The molecule has 0 aliphatic carbocycles. The second kappa shape index (κ2) is 4.21. The zero-order chi connectivity index (χ0) is 10.8. The van der Waals surface area contributed by atoms with Crippen molar-refractivity contribution in [1.82, 2.24) is 0 Å². The lowest BCUT2D eigenvalue weighted by molar-refractivity contribution is 0.629. The Hall–Kier alpha value is -1.05. The first-order valence-corrected chi connectivity index (χ1v) is 5.14. The summed E-state index contributed by atoms with van der Waals surface area (Å²) in [4.78, 5) is 0. The van der Waals surface area contributed by atoms with E-state index in [9.17, 15) is 4.39 Å². The SMILES string of the molecule is Fc1cccc(-c2cccc(Cl)c2)c1Cl. The standard InChI is InChI=1S/C12H7Cl2F/c13-9-4-1-3-8(7-9)10-5-2-6-11(15)12(10)14/h1-7H. The Balaban J connectivity index is 2.59. The highest BCUT2D eigenvalue weighted by atomic mass is 35.5. The van der Waals surface area contributed by atoms with Gasteiger partial charge >= 0.3 is 0 Å². The fourth-order valence-corrected chi connectivity index (χ4v) is 1.81. The van der Waals surface area contributed by atoms with E-state index < -0.39 is 5.82 Å². The number of rotatable bonds is 1. The molecule has 3 heteroatoms. The largest absolute Gasteiger partial charge is 0.205 e. The van der Waals surface area contributed by atoms with E-state index in [0.29, 0.717) is 10.6 Å². The van der Waals surface area contributed by atoms with Crippen LogP contribution in [0.4, 0.5) is 4.39 Å². The topological polar surface area (TPSA) is 0 Å². The molecule has 15 heavy (non-hydrogen) atoms. The molecule has 0 saturated heterocycles. The molecule has 0 N–H and O–H groups in total. The summed E-state index contributed by atoms with van der Waals surface area (Å²) in [7, 11) is 0. The van der Waals surface area contributed by atoms with E-state index in [1.54, 1.807) is 30.3 Å². The quantitative estimate of drug-likeness (QED) is 0.672. The predicted octanol–water partition coefficient (Wildman–Crippen LogP) is 4.80. The predicted molar refractivity (Wildman–Crippen MR) is 61.9 cm³/mol. The van der Waals surface area contributed by atoms with Gasteiger partial charge in [0.25, 0.3) is 0 Å². The van der Waals surface area contributed by atoms with Crippen LogP contribution in [0.2, 0.25) is 10.0 Å². The second-order valence-corrected chi connectivity index (χ2v) is 3.93. The first-order valence-electron chi connectivity index (χ1n) is 4.38. The molecule has 0 unspecified atom stereocenters. The van der Waals surface area contributed by atoms with Crippen LogP contribution in [0.1, 0.15) is 0 Å². The molecule has 0 amide bonds. The fourth-order valence-electron chi connectivity index (χ4n) is 1.38. The Bertz CT molecular complexity index is 495. The van der Waals surface area contributed by atoms with E-state index in [1.165, 1.54) is 6.07 Å². The van der Waals surface area contributed by atoms with Crippen LogP contribution >= 0.6 is 23.2 Å². The summed E-state index contributed by atoms with van der Waals surface area (Å²) in [6.07, 6.45) is 0. The van der Waals surface area contributed by atoms with Crippen LogP contribution in [0.15, 0.2) is 42.5 Å². The van der Waals surface area contributed by atoms with E-state index in [2.05, 4.69) is 0 Å². The van der Waals surface area contributed by atoms with Gasteiger partial charge in [0, 0.05) is 10.6 Å². The van der Waals surface area contributed by atoms with Crippen LogP contribution < -0.4 is 0 Å². The molecule has 0 radical (unpaired) electrons. The average molecular weight is 241 g/mol. The van der Waals surface area contributed by atoms with Gasteiger partial charge in [-0.05, 0) is 23.8 Å². The molecule has 2 aromatic rings. The van der Waals surface area contributed by atoms with Crippen molar-refractivity contribution in [1.29, 1.82) is 0 Å². The first-order chi connectivity index (χ1) is 7.18. The number of hydrogen-bond acceptors (Lipinski definition) is 0. The van der Waals surface area contributed by atoms with Gasteiger partial charge in [0.15, 0.2) is 0 Å². The lowest BCUT2D eigenvalue weighted by atomic mass is 10.1. The van der Waals surface area contributed by atoms with Gasteiger partial charge in [-0.2, -0.15) is 0 Å². The second-order valence-electron chi connectivity index (χ2n) is 3.11. The minimum Gasteiger partial charge on any atom is -0.205 e. The maximum Gasteiger partial charge on any atom is 0.142 e. The average Bonchev–Trinajstić information content (AvgIpc) is 2.22. The Morgan fingerprint density at radius 1 is 0.933 bits per heavy atom. The summed E-state index contributed by atoms with van der Waals surface area (Å²) in [6, 6.07) is 11.9. The third-order valence-electron chi connectivity index (χ3n) is 2.09. The molecule has 2 rings (SSSR count). The molecule has 0 aliphatic rings. The molecule has 0 nitrogen and oxygen atoms in total. The Morgan fingerprint density at radius 2 is 1.67 bits per heavy atom. The molecule has 0 aliphatic heterocycles. The van der Waals surface area contributed by atoms with Crippen molar-refractivity contribution in [3.63, 3.8) is 0 Å². The summed E-state index contributed by atoms with van der Waals surface area (Å²) in [5.74, 6) is -0.422. The highest BCUT2D eigenvalue weighted by Crippen LogP contribution is 2.30. The van der Waals surface area contributed by atoms with Crippen LogP contribution in [0.25, 0.3) is 11.1 Å². The van der Waals surface area contributed by atoms with Gasteiger partial charge in [-0.1, -0.05) is 47.5 Å². The van der Waals surface area contributed by atoms with Crippen molar-refractivity contribution < 1.29 is 4.39 Å². The molecule has 0 aromatic heterocycles. The van der Waals surface area contributed by atoms with Gasteiger partial charge in [-0.3, -0.25) is 0 Å². The van der Waals surface area contributed by atoms with Crippen molar-refractivity contribution in [2.45, 2.75) is 0 Å². The van der Waals surface area contributed by atoms with E-state index in [-0.39, 0.29) is 5.02 Å². The number of hydrogen-bond donors (Lipinski definition) is 0. The maximum absolute atomic E-state index is 13.2. The highest BCUT2D eigenvalue weighted by molar-refractivity contribution is 6.34. The van der Waals surface area contributed by atoms with Crippen molar-refractivity contribution in [2.75, 3.05) is 0 Å². The molecule has 0 atom stereocenters. The van der Waals surface area contributed by atoms with Crippen molar-refractivity contribution >= 4 is 23.2 Å². The van der Waals surface area contributed by atoms with E-state index >= 15 is 0 Å². The van der Waals surface area contributed by atoms with Gasteiger partial charge in [0.1, 0.15) is 5.82 Å². The minimum absolute atomic E-state index is 0.125. The molecular weight excluding hydrogens is 234 g/mol. The molecule has 76 valence electrons. The van der Waals surface area contributed by atoms with E-state index in [0.717, 1.165) is 5.56 Å². The normalized spacial score (nSPS) is 10.3. The minimum atomic E-state index is -0.422. The Morgan fingerprint density at radius 3 is 2.40 bits per heavy atom. The van der Waals surface area contributed by atoms with Crippen LogP contribution in [-0.4, -0.2) is 0 Å². The summed E-state index contributed by atoms with van der Waals surface area (Å²) in [5, 5.41) is 0.729. The smallest absolute Gasteiger partial charge is 0.142 e. The van der Waals surface area contributed by atoms with E-state index in [1.807, 2.05) is 6.07 Å². The molecule has 0 bridgehead atoms. The molecular formula is C12H7Cl2F. The first kappa shape index (κ1) is 10.5. The number of halogens is 3. The van der Waals surface area contributed by atoms with Gasteiger partial charge in [-0.25, -0.2) is 4.39 Å². The van der Waals surface area contributed by atoms with Crippen molar-refractivity contribution in [3.8, 4) is 11.1 Å². The Labute approximate surface area is 97.3 Å². The van der Waals surface area contributed by atoms with E-state index in [4.69, 9.17) is 23.2 Å². The molecule has 0 heterocycles. The summed E-state index contributed by atoms with van der Waals surface area (Å²) >= 11 is 11.7. The highest BCUT2D eigenvalue weighted by Gasteiger charge is 2.07. The molecule has 2 aromatic carbocycles. The third-order valence-corrected chi connectivity index (χ3v) is 2.71. The van der Waals surface area contributed by atoms with Crippen LogP contribution in [0.3, 0.4) is 0 Å². The molecule has 0 saturated carbocycles. The third kappa shape index (κ3) is 2.14. The zero-order valence-corrected chi connectivity index (χ0v) is 9.19. The zero-order valence-electron chi connectivity index (χ0n) is 7.68. The van der Waals surface area contributed by atoms with Gasteiger partial charge in [-0.15, -0.1) is 0 Å². The van der Waals surface area contributed by atoms with Gasteiger partial charge in [0.05, 0.1) is 5.02 Å². The van der Waals surface area contributed by atoms with Crippen LogP contribution in [-0.2, 0) is 0 Å². The lowest BCUT2D eigenvalue weighted by Crippen LogP contribution is -1.83. The van der Waals surface area contributed by atoms with Gasteiger partial charge < -0.3 is 0 Å². The summed E-state index contributed by atoms with van der Waals surface area (Å²) in [5.41, 5.74) is 1.46. The lowest BCUT2D eigenvalue weighted by Gasteiger charge is -2.05. The van der Waals surface area contributed by atoms with Crippen LogP contribution in [0.5, 0.6) is 0 Å². The van der Waals surface area contributed by atoms with Crippen LogP contribution in [0, 0.1) is 5.82 Å². The summed E-state index contributed by atoms with van der Waals surface area (Å²) < 4.78 is 13.2. The summed E-state index contributed by atoms with van der Waals surface area (Å²) in [6.45, 7) is 0. The van der Waals surface area contributed by atoms with Crippen molar-refractivity contribution in [3.05, 3.63) is 58.3 Å². The van der Waals surface area contributed by atoms with Crippen molar-refractivity contribution in [2.24, 2.45) is 0 Å². The molecule has 0 spiro atoms. The Kier molecular flexibility index (Phi) is 2.94. The fraction of sp³-hybridized carbons (Fsp3) is 0. The van der Waals surface area contributed by atoms with Gasteiger partial charge in [0.2, 0.25) is 0 Å². The number of benzene rings is 2. The molecule has 0 fully saturated rings. The monoisotopic (exact) mass is 240 g/mol. The maximum atomic E-state index is 13.2.